The molecule has 0 saturated carbocycles. The van der Waals surface area contributed by atoms with Crippen LogP contribution in [0.25, 0.3) is 0 Å². The van der Waals surface area contributed by atoms with Gasteiger partial charge in [0.15, 0.2) is 0 Å². The largest absolute Gasteiger partial charge is 0.481 e. The minimum absolute atomic E-state index is 0.242. The zero-order valence-corrected chi connectivity index (χ0v) is 14.5. The van der Waals surface area contributed by atoms with Crippen molar-refractivity contribution in [2.45, 2.75) is 77.6 Å². The molecule has 3 nitrogen and oxygen atoms in total. The van der Waals surface area contributed by atoms with Crippen molar-refractivity contribution in [2.24, 2.45) is 0 Å². The summed E-state index contributed by atoms with van der Waals surface area (Å²) in [6.07, 6.45) is 21.7. The van der Waals surface area contributed by atoms with E-state index in [1.54, 1.807) is 0 Å². The van der Waals surface area contributed by atoms with Crippen LogP contribution < -0.4 is 0 Å². The van der Waals surface area contributed by atoms with E-state index in [2.05, 4.69) is 37.3 Å². The van der Waals surface area contributed by atoms with Crippen molar-refractivity contribution < 1.29 is 14.7 Å². The van der Waals surface area contributed by atoms with Crippen LogP contribution in [0, 0.1) is 0 Å². The minimum Gasteiger partial charge on any atom is -0.481 e. The normalized spacial score (nSPS) is 11.9. The molecule has 0 atom stereocenters. The van der Waals surface area contributed by atoms with Gasteiger partial charge in [-0.15, -0.1) is 0 Å². The summed E-state index contributed by atoms with van der Waals surface area (Å²) in [5, 5.41) is 8.49. The first-order chi connectivity index (χ1) is 11.2. The Hall–Kier alpha value is -1.64. The molecule has 1 N–H and O–H groups in total. The first-order valence-electron chi connectivity index (χ1n) is 8.85. The zero-order valence-electron chi connectivity index (χ0n) is 14.5. The molecule has 0 aromatic carbocycles. The quantitative estimate of drug-likeness (QED) is 0.315. The van der Waals surface area contributed by atoms with E-state index < -0.39 is 5.97 Å². The summed E-state index contributed by atoms with van der Waals surface area (Å²) in [6.45, 7) is 2.15. The summed E-state index contributed by atoms with van der Waals surface area (Å²) >= 11 is 0. The molecule has 0 amide bonds. The predicted octanol–water partition coefficient (Wildman–Crippen LogP) is 5.62. The van der Waals surface area contributed by atoms with Gasteiger partial charge in [0.25, 0.3) is 0 Å². The average molecular weight is 320 g/mol. The van der Waals surface area contributed by atoms with Crippen LogP contribution in [-0.2, 0) is 9.59 Å². The van der Waals surface area contributed by atoms with Gasteiger partial charge in [0, 0.05) is 19.3 Å². The van der Waals surface area contributed by atoms with E-state index in [1.165, 1.54) is 0 Å². The first kappa shape index (κ1) is 21.4. The molecule has 0 aliphatic rings. The second-order valence-electron chi connectivity index (χ2n) is 5.71. The van der Waals surface area contributed by atoms with Crippen molar-refractivity contribution in [1.29, 1.82) is 0 Å². The van der Waals surface area contributed by atoms with Gasteiger partial charge in [0.05, 0.1) is 0 Å². The van der Waals surface area contributed by atoms with E-state index in [9.17, 15) is 9.59 Å². The Labute approximate surface area is 141 Å². The van der Waals surface area contributed by atoms with Gasteiger partial charge < -0.3 is 5.11 Å². The smallest absolute Gasteiger partial charge is 0.303 e. The van der Waals surface area contributed by atoms with Gasteiger partial charge in [-0.3, -0.25) is 9.59 Å². The van der Waals surface area contributed by atoms with Gasteiger partial charge >= 0.3 is 5.97 Å². The molecule has 23 heavy (non-hydrogen) atoms. The number of rotatable bonds is 15. The summed E-state index contributed by atoms with van der Waals surface area (Å²) < 4.78 is 0. The van der Waals surface area contributed by atoms with Gasteiger partial charge in [0.1, 0.15) is 5.78 Å². The third kappa shape index (κ3) is 18.3. The molecule has 0 radical (unpaired) electrons. The topological polar surface area (TPSA) is 54.4 Å². The molecule has 0 heterocycles. The summed E-state index contributed by atoms with van der Waals surface area (Å²) in [5.74, 6) is -0.348. The van der Waals surface area contributed by atoms with Crippen LogP contribution in [-0.4, -0.2) is 16.9 Å². The lowest BCUT2D eigenvalue weighted by Gasteiger charge is -1.97. The van der Waals surface area contributed by atoms with Crippen molar-refractivity contribution in [3.63, 3.8) is 0 Å². The fourth-order valence-corrected chi connectivity index (χ4v) is 2.09. The number of carboxylic acids is 1. The van der Waals surface area contributed by atoms with Gasteiger partial charge in [-0.05, 0) is 38.5 Å². The molecule has 0 spiro atoms. The maximum atomic E-state index is 11.5. The number of carbonyl (C=O) groups excluding carboxylic acids is 1. The SMILES string of the molecule is CCCCCC(=O)CC/C=C/C/C=C/C/C=C/CCCC(=O)O. The third-order valence-corrected chi connectivity index (χ3v) is 3.45. The van der Waals surface area contributed by atoms with E-state index in [-0.39, 0.29) is 6.42 Å². The Morgan fingerprint density at radius 1 is 0.739 bits per heavy atom. The number of allylic oxidation sites excluding steroid dienone is 6. The highest BCUT2D eigenvalue weighted by Crippen LogP contribution is 2.04. The van der Waals surface area contributed by atoms with Gasteiger partial charge in [-0.1, -0.05) is 56.2 Å². The van der Waals surface area contributed by atoms with Crippen LogP contribution in [0.3, 0.4) is 0 Å². The number of carbonyl (C=O) groups is 2. The van der Waals surface area contributed by atoms with Crippen LogP contribution in [0.2, 0.25) is 0 Å². The minimum atomic E-state index is -0.729. The Balaban J connectivity index is 3.46. The highest BCUT2D eigenvalue weighted by molar-refractivity contribution is 5.78. The Bertz CT molecular complexity index is 392. The molecule has 3 heteroatoms. The second-order valence-corrected chi connectivity index (χ2v) is 5.71. The van der Waals surface area contributed by atoms with Crippen LogP contribution in [0.15, 0.2) is 36.5 Å². The molecule has 0 aromatic heterocycles. The Morgan fingerprint density at radius 2 is 1.35 bits per heavy atom. The number of hydrogen-bond acceptors (Lipinski definition) is 2. The Kier molecular flexibility index (Phi) is 15.5. The Morgan fingerprint density at radius 3 is 1.96 bits per heavy atom. The lowest BCUT2D eigenvalue weighted by atomic mass is 10.1. The van der Waals surface area contributed by atoms with Crippen LogP contribution >= 0.6 is 0 Å². The molecule has 0 bridgehead atoms. The lowest BCUT2D eigenvalue weighted by Crippen LogP contribution is -1.96. The van der Waals surface area contributed by atoms with E-state index in [4.69, 9.17) is 5.11 Å². The third-order valence-electron chi connectivity index (χ3n) is 3.45. The summed E-state index contributed by atoms with van der Waals surface area (Å²) in [6, 6.07) is 0. The van der Waals surface area contributed by atoms with Crippen LogP contribution in [0.1, 0.15) is 77.6 Å². The zero-order chi connectivity index (χ0) is 17.2. The maximum absolute atomic E-state index is 11.5. The van der Waals surface area contributed by atoms with E-state index in [0.717, 1.165) is 51.4 Å². The summed E-state index contributed by atoms with van der Waals surface area (Å²) in [4.78, 5) is 21.9. The molecule has 0 fully saturated rings. The second kappa shape index (κ2) is 16.7. The molecule has 0 aliphatic carbocycles. The molecule has 0 rings (SSSR count). The molecular weight excluding hydrogens is 288 g/mol. The highest BCUT2D eigenvalue weighted by atomic mass is 16.4. The van der Waals surface area contributed by atoms with E-state index in [0.29, 0.717) is 18.6 Å². The van der Waals surface area contributed by atoms with Crippen molar-refractivity contribution in [3.8, 4) is 0 Å². The number of ketones is 1. The fraction of sp³-hybridized carbons (Fsp3) is 0.600. The molecule has 0 aromatic rings. The predicted molar refractivity (Wildman–Crippen MR) is 96.5 cm³/mol. The molecular formula is C20H32O3. The molecule has 0 saturated heterocycles. The van der Waals surface area contributed by atoms with Gasteiger partial charge in [0.2, 0.25) is 0 Å². The average Bonchev–Trinajstić information content (AvgIpc) is 2.51. The summed E-state index contributed by atoms with van der Waals surface area (Å²) in [5.41, 5.74) is 0. The number of aliphatic carboxylic acids is 1. The van der Waals surface area contributed by atoms with E-state index in [1.807, 2.05) is 6.08 Å². The molecule has 0 aliphatic heterocycles. The van der Waals surface area contributed by atoms with Gasteiger partial charge in [-0.2, -0.15) is 0 Å². The van der Waals surface area contributed by atoms with Crippen molar-refractivity contribution in [2.75, 3.05) is 0 Å². The molecule has 130 valence electrons. The van der Waals surface area contributed by atoms with E-state index >= 15 is 0 Å². The molecule has 0 unspecified atom stereocenters. The monoisotopic (exact) mass is 320 g/mol. The van der Waals surface area contributed by atoms with Crippen molar-refractivity contribution >= 4 is 11.8 Å². The van der Waals surface area contributed by atoms with Crippen LogP contribution in [0.5, 0.6) is 0 Å². The van der Waals surface area contributed by atoms with Crippen molar-refractivity contribution in [3.05, 3.63) is 36.5 Å². The maximum Gasteiger partial charge on any atom is 0.303 e. The summed E-state index contributed by atoms with van der Waals surface area (Å²) in [7, 11) is 0. The lowest BCUT2D eigenvalue weighted by molar-refractivity contribution is -0.137. The number of unbranched alkanes of at least 4 members (excludes halogenated alkanes) is 3. The van der Waals surface area contributed by atoms with Crippen molar-refractivity contribution in [1.82, 2.24) is 0 Å². The first-order valence-corrected chi connectivity index (χ1v) is 8.85. The standard InChI is InChI=1S/C20H32O3/c1-2-3-13-16-19(21)17-14-11-9-7-5-4-6-8-10-12-15-18-20(22)23/h4-5,8-11H,2-3,6-7,12-18H2,1H3,(H,22,23)/b5-4+,10-8+,11-9+. The number of carboxylic acid groups (broad SMARTS) is 1. The fourth-order valence-electron chi connectivity index (χ4n) is 2.09. The van der Waals surface area contributed by atoms with Gasteiger partial charge in [-0.25, -0.2) is 0 Å². The number of hydrogen-bond donors (Lipinski definition) is 1. The number of Topliss-reactive ketones (excluding diaryl/α,β-unsaturated/α-hetero) is 1. The highest BCUT2D eigenvalue weighted by Gasteiger charge is 1.99. The van der Waals surface area contributed by atoms with Crippen LogP contribution in [0.4, 0.5) is 0 Å².